The molecule has 0 saturated heterocycles. The molecule has 0 unspecified atom stereocenters. The number of hydrogen-bond donors (Lipinski definition) is 0. The molecule has 0 fully saturated rings. The van der Waals surface area contributed by atoms with Crippen LogP contribution in [0.15, 0.2) is 9.59 Å². The summed E-state index contributed by atoms with van der Waals surface area (Å²) in [4.78, 5) is 31.0. The van der Waals surface area contributed by atoms with Gasteiger partial charge in [-0.25, -0.2) is 9.78 Å². The lowest BCUT2D eigenvalue weighted by atomic mass is 10.4. The molecule has 124 valence electrons. The second kappa shape index (κ2) is 7.11. The van der Waals surface area contributed by atoms with E-state index in [0.717, 1.165) is 30.0 Å². The monoisotopic (exact) mass is 329 g/mol. The van der Waals surface area contributed by atoms with Crippen molar-refractivity contribution in [2.45, 2.75) is 27.3 Å². The minimum absolute atomic E-state index is 0. The first kappa shape index (κ1) is 18.4. The van der Waals surface area contributed by atoms with Crippen LogP contribution in [0.5, 0.6) is 0 Å². The maximum Gasteiger partial charge on any atom is 0.332 e. The standard InChI is InChI=1S/C14H23N5O2.ClH/c1-6-18(7-2)8-9-19-10(3)15-12-11(19)13(20)17(5)14(21)16(12)4;/h6-9H2,1-5H3;1H. The van der Waals surface area contributed by atoms with Crippen molar-refractivity contribution in [1.29, 1.82) is 0 Å². The zero-order valence-corrected chi connectivity index (χ0v) is 14.6. The first-order valence-corrected chi connectivity index (χ1v) is 7.27. The van der Waals surface area contributed by atoms with Gasteiger partial charge < -0.3 is 9.47 Å². The smallest absolute Gasteiger partial charge is 0.321 e. The summed E-state index contributed by atoms with van der Waals surface area (Å²) < 4.78 is 4.48. The van der Waals surface area contributed by atoms with Gasteiger partial charge in [0.25, 0.3) is 5.56 Å². The topological polar surface area (TPSA) is 65.1 Å². The molecule has 0 N–H and O–H groups in total. The molecule has 0 aliphatic carbocycles. The number of hydrogen-bond acceptors (Lipinski definition) is 4. The van der Waals surface area contributed by atoms with Gasteiger partial charge in [-0.1, -0.05) is 13.8 Å². The van der Waals surface area contributed by atoms with Gasteiger partial charge in [0.1, 0.15) is 5.82 Å². The minimum Gasteiger partial charge on any atom is -0.321 e. The second-order valence-electron chi connectivity index (χ2n) is 5.22. The number of aryl methyl sites for hydroxylation is 2. The molecule has 0 amide bonds. The van der Waals surface area contributed by atoms with Crippen LogP contribution in [0.4, 0.5) is 0 Å². The maximum atomic E-state index is 12.4. The van der Waals surface area contributed by atoms with Crippen molar-refractivity contribution in [2.75, 3.05) is 19.6 Å². The Balaban J connectivity index is 0.00000242. The van der Waals surface area contributed by atoms with E-state index < -0.39 is 0 Å². The van der Waals surface area contributed by atoms with Gasteiger partial charge in [0.05, 0.1) is 0 Å². The number of imidazole rings is 1. The van der Waals surface area contributed by atoms with E-state index in [0.29, 0.717) is 17.7 Å². The van der Waals surface area contributed by atoms with Gasteiger partial charge in [-0.15, -0.1) is 12.4 Å². The third kappa shape index (κ3) is 2.96. The number of halogens is 1. The fraction of sp³-hybridized carbons (Fsp3) is 0.643. The Kier molecular flexibility index (Phi) is 5.96. The van der Waals surface area contributed by atoms with Crippen LogP contribution in [-0.4, -0.2) is 43.2 Å². The van der Waals surface area contributed by atoms with Gasteiger partial charge in [-0.3, -0.25) is 13.9 Å². The molecule has 0 bridgehead atoms. The summed E-state index contributed by atoms with van der Waals surface area (Å²) in [5.41, 5.74) is 0.332. The van der Waals surface area contributed by atoms with Gasteiger partial charge in [-0.05, 0) is 20.0 Å². The lowest BCUT2D eigenvalue weighted by molar-refractivity contribution is 0.291. The highest BCUT2D eigenvalue weighted by atomic mass is 35.5. The summed E-state index contributed by atoms with van der Waals surface area (Å²) in [6.07, 6.45) is 0. The number of likely N-dealkylation sites (N-methyl/N-ethyl adjacent to an activating group) is 1. The van der Waals surface area contributed by atoms with E-state index >= 15 is 0 Å². The highest BCUT2D eigenvalue weighted by Gasteiger charge is 2.17. The van der Waals surface area contributed by atoms with Crippen LogP contribution in [0.25, 0.3) is 11.2 Å². The van der Waals surface area contributed by atoms with Crippen molar-refractivity contribution >= 4 is 23.6 Å². The SMILES string of the molecule is CCN(CC)CCn1c(C)nc2c1c(=O)n(C)c(=O)n2C.Cl. The third-order valence-corrected chi connectivity index (χ3v) is 4.07. The van der Waals surface area contributed by atoms with Crippen molar-refractivity contribution < 1.29 is 0 Å². The van der Waals surface area contributed by atoms with Crippen molar-refractivity contribution in [2.24, 2.45) is 14.1 Å². The summed E-state index contributed by atoms with van der Waals surface area (Å²) in [5, 5.41) is 0. The van der Waals surface area contributed by atoms with Crippen molar-refractivity contribution in [3.8, 4) is 0 Å². The average molecular weight is 330 g/mol. The van der Waals surface area contributed by atoms with Gasteiger partial charge in [0.2, 0.25) is 0 Å². The molecule has 2 aromatic rings. The van der Waals surface area contributed by atoms with Crippen molar-refractivity contribution in [3.63, 3.8) is 0 Å². The number of aromatic nitrogens is 4. The third-order valence-electron chi connectivity index (χ3n) is 4.07. The Labute approximate surface area is 135 Å². The highest BCUT2D eigenvalue weighted by Crippen LogP contribution is 2.10. The molecule has 8 heteroatoms. The van der Waals surface area contributed by atoms with E-state index in [1.54, 1.807) is 7.05 Å². The molecule has 0 saturated carbocycles. The Morgan fingerprint density at radius 2 is 1.68 bits per heavy atom. The Morgan fingerprint density at radius 3 is 2.23 bits per heavy atom. The van der Waals surface area contributed by atoms with Crippen LogP contribution in [0, 0.1) is 6.92 Å². The highest BCUT2D eigenvalue weighted by molar-refractivity contribution is 5.85. The largest absolute Gasteiger partial charge is 0.332 e. The molecule has 7 nitrogen and oxygen atoms in total. The fourth-order valence-electron chi connectivity index (χ4n) is 2.61. The molecule has 0 radical (unpaired) electrons. The molecule has 2 heterocycles. The zero-order chi connectivity index (χ0) is 15.7. The molecule has 2 aromatic heterocycles. The van der Waals surface area contributed by atoms with Crippen LogP contribution in [0.2, 0.25) is 0 Å². The summed E-state index contributed by atoms with van der Waals surface area (Å²) in [6, 6.07) is 0. The molecule has 0 spiro atoms. The van der Waals surface area contributed by atoms with E-state index in [4.69, 9.17) is 0 Å². The van der Waals surface area contributed by atoms with Crippen molar-refractivity contribution in [1.82, 2.24) is 23.6 Å². The van der Waals surface area contributed by atoms with E-state index in [1.807, 2.05) is 11.5 Å². The number of fused-ring (bicyclic) bond motifs is 1. The van der Waals surface area contributed by atoms with Crippen LogP contribution in [0.1, 0.15) is 19.7 Å². The molecule has 2 rings (SSSR count). The average Bonchev–Trinajstić information content (AvgIpc) is 2.81. The molecular formula is C14H24ClN5O2. The maximum absolute atomic E-state index is 12.4. The molecule has 0 aliphatic rings. The molecule has 0 aliphatic heterocycles. The molecular weight excluding hydrogens is 306 g/mol. The Bertz CT molecular complexity index is 770. The summed E-state index contributed by atoms with van der Waals surface area (Å²) >= 11 is 0. The van der Waals surface area contributed by atoms with Crippen LogP contribution < -0.4 is 11.2 Å². The molecule has 22 heavy (non-hydrogen) atoms. The van der Waals surface area contributed by atoms with E-state index in [-0.39, 0.29) is 23.7 Å². The lowest BCUT2D eigenvalue weighted by Gasteiger charge is -2.18. The van der Waals surface area contributed by atoms with Crippen LogP contribution in [0.3, 0.4) is 0 Å². The normalized spacial score (nSPS) is 11.2. The van der Waals surface area contributed by atoms with Gasteiger partial charge >= 0.3 is 5.69 Å². The number of rotatable bonds is 5. The Morgan fingerprint density at radius 1 is 1.09 bits per heavy atom. The Hall–Kier alpha value is -1.60. The quantitative estimate of drug-likeness (QED) is 0.801. The first-order chi connectivity index (χ1) is 9.92. The summed E-state index contributed by atoms with van der Waals surface area (Å²) in [7, 11) is 3.15. The predicted octanol–water partition coefficient (Wildman–Crippen LogP) is 0.506. The van der Waals surface area contributed by atoms with E-state index in [9.17, 15) is 9.59 Å². The predicted molar refractivity (Wildman–Crippen MR) is 90.0 cm³/mol. The van der Waals surface area contributed by atoms with Crippen LogP contribution >= 0.6 is 12.4 Å². The lowest BCUT2D eigenvalue weighted by Crippen LogP contribution is -2.38. The van der Waals surface area contributed by atoms with E-state index in [1.165, 1.54) is 11.6 Å². The zero-order valence-electron chi connectivity index (χ0n) is 13.8. The first-order valence-electron chi connectivity index (χ1n) is 7.27. The number of nitrogens with zero attached hydrogens (tertiary/aromatic N) is 5. The van der Waals surface area contributed by atoms with Gasteiger partial charge in [0.15, 0.2) is 11.2 Å². The fourth-order valence-corrected chi connectivity index (χ4v) is 2.61. The minimum atomic E-state index is -0.346. The second-order valence-corrected chi connectivity index (χ2v) is 5.22. The molecule has 0 atom stereocenters. The summed E-state index contributed by atoms with van der Waals surface area (Å²) in [5.74, 6) is 0.760. The summed E-state index contributed by atoms with van der Waals surface area (Å²) in [6.45, 7) is 9.59. The van der Waals surface area contributed by atoms with E-state index in [2.05, 4.69) is 23.7 Å². The van der Waals surface area contributed by atoms with Gasteiger partial charge in [-0.2, -0.15) is 0 Å². The van der Waals surface area contributed by atoms with Crippen molar-refractivity contribution in [3.05, 3.63) is 26.7 Å². The van der Waals surface area contributed by atoms with Gasteiger partial charge in [0, 0.05) is 27.2 Å². The molecule has 0 aromatic carbocycles. The van der Waals surface area contributed by atoms with Crippen LogP contribution in [-0.2, 0) is 20.6 Å².